The molecule has 0 saturated heterocycles. The van der Waals surface area contributed by atoms with Gasteiger partial charge in [0.05, 0.1) is 0 Å². The third kappa shape index (κ3) is 2.29. The van der Waals surface area contributed by atoms with Crippen molar-refractivity contribution in [3.05, 3.63) is 23.8 Å². The summed E-state index contributed by atoms with van der Waals surface area (Å²) in [5.74, 6) is -1.48. The van der Waals surface area contributed by atoms with Crippen molar-refractivity contribution in [3.8, 4) is 0 Å². The van der Waals surface area contributed by atoms with Crippen molar-refractivity contribution >= 4 is 22.9 Å². The van der Waals surface area contributed by atoms with Crippen LogP contribution in [-0.2, 0) is 4.79 Å². The molecule has 0 aliphatic heterocycles. The first-order valence-electron chi connectivity index (χ1n) is 5.46. The van der Waals surface area contributed by atoms with E-state index in [0.717, 1.165) is 0 Å². The van der Waals surface area contributed by atoms with Crippen LogP contribution in [0.5, 0.6) is 0 Å². The third-order valence-electron chi connectivity index (χ3n) is 2.59. The van der Waals surface area contributed by atoms with Crippen molar-refractivity contribution in [1.82, 2.24) is 20.7 Å². The van der Waals surface area contributed by atoms with E-state index in [1.165, 1.54) is 0 Å². The lowest BCUT2D eigenvalue weighted by molar-refractivity contribution is -0.139. The Balaban J connectivity index is 2.19. The highest BCUT2D eigenvalue weighted by atomic mass is 16.4. The highest BCUT2D eigenvalue weighted by molar-refractivity contribution is 5.98. The lowest BCUT2D eigenvalue weighted by Crippen LogP contribution is -2.40. The lowest BCUT2D eigenvalue weighted by Gasteiger charge is -2.11. The van der Waals surface area contributed by atoms with Gasteiger partial charge in [-0.05, 0) is 24.6 Å². The Kier molecular flexibility index (Phi) is 3.22. The van der Waals surface area contributed by atoms with E-state index in [1.54, 1.807) is 25.1 Å². The zero-order valence-electron chi connectivity index (χ0n) is 9.67. The molecular formula is C11H12N4O3. The van der Waals surface area contributed by atoms with E-state index in [1.807, 2.05) is 0 Å². The number of nitrogens with one attached hydrogen (secondary N) is 2. The summed E-state index contributed by atoms with van der Waals surface area (Å²) in [6.07, 6.45) is 0.327. The molecule has 1 unspecified atom stereocenters. The molecule has 1 aromatic carbocycles. The van der Waals surface area contributed by atoms with Gasteiger partial charge in [0.2, 0.25) is 0 Å². The molecule has 0 aliphatic carbocycles. The average molecular weight is 248 g/mol. The standard InChI is InChI=1S/C11H12N4O3/c1-2-7(11(17)18)12-10(16)6-3-4-8-9(5-6)14-15-13-8/h3-5,7H,2H2,1H3,(H,12,16)(H,17,18)(H,13,14,15). The number of amides is 1. The molecule has 1 heterocycles. The van der Waals surface area contributed by atoms with Crippen molar-refractivity contribution in [2.75, 3.05) is 0 Å². The fraction of sp³-hybridized carbons (Fsp3) is 0.273. The Morgan fingerprint density at radius 2 is 2.11 bits per heavy atom. The molecule has 1 atom stereocenters. The molecule has 0 aliphatic rings. The second-order valence-corrected chi connectivity index (χ2v) is 3.80. The van der Waals surface area contributed by atoms with Crippen LogP contribution in [0.4, 0.5) is 0 Å². The molecule has 0 spiro atoms. The predicted octanol–water partition coefficient (Wildman–Crippen LogP) is 0.551. The Morgan fingerprint density at radius 3 is 2.78 bits per heavy atom. The first-order valence-corrected chi connectivity index (χ1v) is 5.46. The summed E-state index contributed by atoms with van der Waals surface area (Å²) in [5.41, 5.74) is 1.57. The molecule has 7 heteroatoms. The van der Waals surface area contributed by atoms with Crippen LogP contribution < -0.4 is 5.32 Å². The number of hydrogen-bond acceptors (Lipinski definition) is 4. The summed E-state index contributed by atoms with van der Waals surface area (Å²) in [6, 6.07) is 3.90. The minimum atomic E-state index is -1.05. The van der Waals surface area contributed by atoms with Crippen LogP contribution in [-0.4, -0.2) is 38.4 Å². The van der Waals surface area contributed by atoms with Gasteiger partial charge in [0.25, 0.3) is 5.91 Å². The number of hydrogen-bond donors (Lipinski definition) is 3. The van der Waals surface area contributed by atoms with Crippen LogP contribution in [0.15, 0.2) is 18.2 Å². The van der Waals surface area contributed by atoms with Crippen molar-refractivity contribution < 1.29 is 14.7 Å². The minimum absolute atomic E-state index is 0.327. The summed E-state index contributed by atoms with van der Waals surface area (Å²) in [4.78, 5) is 22.7. The van der Waals surface area contributed by atoms with Gasteiger partial charge in [0.15, 0.2) is 0 Å². The third-order valence-corrected chi connectivity index (χ3v) is 2.59. The second-order valence-electron chi connectivity index (χ2n) is 3.80. The number of carboxylic acid groups (broad SMARTS) is 1. The summed E-state index contributed by atoms with van der Waals surface area (Å²) in [5, 5.41) is 21.5. The predicted molar refractivity (Wildman–Crippen MR) is 63.1 cm³/mol. The first-order chi connectivity index (χ1) is 8.61. The number of fused-ring (bicyclic) bond motifs is 1. The van der Waals surface area contributed by atoms with Gasteiger partial charge in [-0.15, -0.1) is 0 Å². The number of H-pyrrole nitrogens is 1. The number of aromatic nitrogens is 3. The summed E-state index contributed by atoms with van der Waals surface area (Å²) >= 11 is 0. The Bertz CT molecular complexity index is 593. The number of rotatable bonds is 4. The maximum Gasteiger partial charge on any atom is 0.326 e. The largest absolute Gasteiger partial charge is 0.480 e. The van der Waals surface area contributed by atoms with Gasteiger partial charge in [0.1, 0.15) is 17.1 Å². The van der Waals surface area contributed by atoms with Crippen LogP contribution >= 0.6 is 0 Å². The van der Waals surface area contributed by atoms with Gasteiger partial charge in [0, 0.05) is 5.56 Å². The van der Waals surface area contributed by atoms with Crippen LogP contribution in [0.25, 0.3) is 11.0 Å². The molecule has 1 aromatic heterocycles. The van der Waals surface area contributed by atoms with Gasteiger partial charge >= 0.3 is 5.97 Å². The zero-order valence-corrected chi connectivity index (χ0v) is 9.67. The molecule has 1 amide bonds. The van der Waals surface area contributed by atoms with E-state index in [2.05, 4.69) is 20.7 Å². The summed E-state index contributed by atoms with van der Waals surface area (Å²) in [7, 11) is 0. The SMILES string of the molecule is CCC(NC(=O)c1ccc2n[nH]nc2c1)C(=O)O. The Hall–Kier alpha value is -2.44. The molecule has 0 fully saturated rings. The second kappa shape index (κ2) is 4.82. The topological polar surface area (TPSA) is 108 Å². The summed E-state index contributed by atoms with van der Waals surface area (Å²) < 4.78 is 0. The number of carboxylic acids is 1. The van der Waals surface area contributed by atoms with Gasteiger partial charge < -0.3 is 10.4 Å². The van der Waals surface area contributed by atoms with E-state index >= 15 is 0 Å². The smallest absolute Gasteiger partial charge is 0.326 e. The van der Waals surface area contributed by atoms with Crippen LogP contribution in [0.1, 0.15) is 23.7 Å². The average Bonchev–Trinajstić information content (AvgIpc) is 2.82. The number of aromatic amines is 1. The van der Waals surface area contributed by atoms with Crippen molar-refractivity contribution in [2.45, 2.75) is 19.4 Å². The molecule has 18 heavy (non-hydrogen) atoms. The van der Waals surface area contributed by atoms with E-state index in [9.17, 15) is 9.59 Å². The molecule has 2 rings (SSSR count). The number of benzene rings is 1. The van der Waals surface area contributed by atoms with Crippen LogP contribution in [0, 0.1) is 0 Å². The highest BCUT2D eigenvalue weighted by Crippen LogP contribution is 2.10. The van der Waals surface area contributed by atoms with Crippen molar-refractivity contribution in [3.63, 3.8) is 0 Å². The number of carbonyl (C=O) groups is 2. The monoisotopic (exact) mass is 248 g/mol. The number of carbonyl (C=O) groups excluding carboxylic acids is 1. The number of aliphatic carboxylic acids is 1. The molecule has 94 valence electrons. The molecular weight excluding hydrogens is 236 g/mol. The van der Waals surface area contributed by atoms with Crippen LogP contribution in [0.3, 0.4) is 0 Å². The molecule has 3 N–H and O–H groups in total. The van der Waals surface area contributed by atoms with Gasteiger partial charge in [-0.25, -0.2) is 4.79 Å². The van der Waals surface area contributed by atoms with Crippen molar-refractivity contribution in [2.24, 2.45) is 0 Å². The Morgan fingerprint density at radius 1 is 1.39 bits per heavy atom. The maximum absolute atomic E-state index is 11.9. The molecule has 2 aromatic rings. The van der Waals surface area contributed by atoms with Crippen molar-refractivity contribution in [1.29, 1.82) is 0 Å². The van der Waals surface area contributed by atoms with E-state index in [0.29, 0.717) is 23.0 Å². The van der Waals surface area contributed by atoms with Gasteiger partial charge in [-0.2, -0.15) is 15.4 Å². The normalized spacial score (nSPS) is 12.3. The first kappa shape index (κ1) is 12.0. The molecule has 0 saturated carbocycles. The summed E-state index contributed by atoms with van der Waals surface area (Å²) in [6.45, 7) is 1.69. The van der Waals surface area contributed by atoms with Crippen LogP contribution in [0.2, 0.25) is 0 Å². The molecule has 7 nitrogen and oxygen atoms in total. The number of nitrogens with zero attached hydrogens (tertiary/aromatic N) is 2. The molecule has 0 radical (unpaired) electrons. The minimum Gasteiger partial charge on any atom is -0.480 e. The lowest BCUT2D eigenvalue weighted by atomic mass is 10.1. The molecule has 0 bridgehead atoms. The fourth-order valence-electron chi connectivity index (χ4n) is 1.56. The Labute approximate surface area is 102 Å². The van der Waals surface area contributed by atoms with E-state index < -0.39 is 17.9 Å². The maximum atomic E-state index is 11.9. The van der Waals surface area contributed by atoms with E-state index in [-0.39, 0.29) is 0 Å². The van der Waals surface area contributed by atoms with Gasteiger partial charge in [-0.1, -0.05) is 6.92 Å². The highest BCUT2D eigenvalue weighted by Gasteiger charge is 2.18. The van der Waals surface area contributed by atoms with Gasteiger partial charge in [-0.3, -0.25) is 4.79 Å². The van der Waals surface area contributed by atoms with E-state index in [4.69, 9.17) is 5.11 Å². The quantitative estimate of drug-likeness (QED) is 0.732. The zero-order chi connectivity index (χ0) is 13.1. The fourth-order valence-corrected chi connectivity index (χ4v) is 1.56.